The number of carbonyl (C=O) groups is 2. The Kier molecular flexibility index (Phi) is 7.18. The van der Waals surface area contributed by atoms with Crippen LogP contribution < -0.4 is 15.5 Å². The number of amides is 2. The molecule has 158 valence electrons. The first-order valence-electron chi connectivity index (χ1n) is 9.76. The van der Waals surface area contributed by atoms with Crippen molar-refractivity contribution < 1.29 is 14.0 Å². The van der Waals surface area contributed by atoms with Gasteiger partial charge in [-0.15, -0.1) is 11.3 Å². The van der Waals surface area contributed by atoms with Crippen molar-refractivity contribution in [2.45, 2.75) is 33.7 Å². The van der Waals surface area contributed by atoms with Crippen molar-refractivity contribution in [2.75, 3.05) is 23.3 Å². The number of anilines is 2. The standard InChI is InChI=1S/C21H25N5O3S/c1-4-26(5-2)18-7-6-15(11-22-18)12-23-19(27)10-16-13-30-21(24-16)25-20(28)17-8-9-29-14(17)3/h6-9,11,13H,4-5,10,12H2,1-3H3,(H,23,27)(H,24,25,28). The summed E-state index contributed by atoms with van der Waals surface area (Å²) in [7, 11) is 0. The lowest BCUT2D eigenvalue weighted by Gasteiger charge is -2.19. The fourth-order valence-electron chi connectivity index (χ4n) is 2.91. The summed E-state index contributed by atoms with van der Waals surface area (Å²) in [5.41, 5.74) is 2.00. The van der Waals surface area contributed by atoms with Gasteiger partial charge in [-0.2, -0.15) is 0 Å². The molecule has 9 heteroatoms. The molecule has 0 atom stereocenters. The number of hydrogen-bond donors (Lipinski definition) is 2. The lowest BCUT2D eigenvalue weighted by atomic mass is 10.2. The molecule has 0 spiro atoms. The SMILES string of the molecule is CCN(CC)c1ccc(CNC(=O)Cc2csc(NC(=O)c3ccoc3C)n2)cn1. The van der Waals surface area contributed by atoms with Gasteiger partial charge < -0.3 is 14.6 Å². The number of rotatable bonds is 9. The first kappa shape index (κ1) is 21.5. The van der Waals surface area contributed by atoms with E-state index in [4.69, 9.17) is 4.42 Å². The Labute approximate surface area is 179 Å². The molecular weight excluding hydrogens is 402 g/mol. The molecule has 0 aromatic carbocycles. The van der Waals surface area contributed by atoms with Crippen LogP contribution in [-0.2, 0) is 17.8 Å². The lowest BCUT2D eigenvalue weighted by Crippen LogP contribution is -2.25. The van der Waals surface area contributed by atoms with E-state index in [-0.39, 0.29) is 18.2 Å². The Balaban J connectivity index is 1.48. The zero-order chi connectivity index (χ0) is 21.5. The van der Waals surface area contributed by atoms with Gasteiger partial charge in [0.15, 0.2) is 5.13 Å². The molecule has 0 saturated heterocycles. The molecule has 0 bridgehead atoms. The van der Waals surface area contributed by atoms with Crippen molar-refractivity contribution in [3.8, 4) is 0 Å². The van der Waals surface area contributed by atoms with Crippen LogP contribution >= 0.6 is 11.3 Å². The highest BCUT2D eigenvalue weighted by Crippen LogP contribution is 2.18. The number of thiazole rings is 1. The summed E-state index contributed by atoms with van der Waals surface area (Å²) >= 11 is 1.28. The van der Waals surface area contributed by atoms with Crippen molar-refractivity contribution in [1.29, 1.82) is 0 Å². The highest BCUT2D eigenvalue weighted by molar-refractivity contribution is 7.14. The van der Waals surface area contributed by atoms with E-state index in [1.54, 1.807) is 24.6 Å². The van der Waals surface area contributed by atoms with Crippen LogP contribution in [0.5, 0.6) is 0 Å². The van der Waals surface area contributed by atoms with Gasteiger partial charge in [0.1, 0.15) is 11.6 Å². The van der Waals surface area contributed by atoms with Gasteiger partial charge in [-0.1, -0.05) is 6.07 Å². The van der Waals surface area contributed by atoms with Gasteiger partial charge in [0.25, 0.3) is 5.91 Å². The largest absolute Gasteiger partial charge is 0.469 e. The highest BCUT2D eigenvalue weighted by Gasteiger charge is 2.14. The van der Waals surface area contributed by atoms with Gasteiger partial charge in [-0.25, -0.2) is 9.97 Å². The molecule has 3 rings (SSSR count). The third-order valence-electron chi connectivity index (χ3n) is 4.60. The number of nitrogens with one attached hydrogen (secondary N) is 2. The zero-order valence-corrected chi connectivity index (χ0v) is 18.1. The third kappa shape index (κ3) is 5.44. The Morgan fingerprint density at radius 1 is 1.20 bits per heavy atom. The molecule has 3 aromatic rings. The van der Waals surface area contributed by atoms with Crippen molar-refractivity contribution in [1.82, 2.24) is 15.3 Å². The first-order chi connectivity index (χ1) is 14.5. The van der Waals surface area contributed by atoms with E-state index in [0.717, 1.165) is 24.5 Å². The molecule has 2 N–H and O–H groups in total. The van der Waals surface area contributed by atoms with E-state index in [1.807, 2.05) is 12.1 Å². The number of aryl methyl sites for hydroxylation is 1. The molecule has 0 radical (unpaired) electrons. The lowest BCUT2D eigenvalue weighted by molar-refractivity contribution is -0.120. The van der Waals surface area contributed by atoms with Crippen LogP contribution in [0.15, 0.2) is 40.5 Å². The molecule has 3 aromatic heterocycles. The number of aromatic nitrogens is 2. The number of nitrogens with zero attached hydrogens (tertiary/aromatic N) is 3. The van der Waals surface area contributed by atoms with Crippen LogP contribution in [0.25, 0.3) is 0 Å². The molecule has 0 fully saturated rings. The van der Waals surface area contributed by atoms with Crippen LogP contribution in [0.3, 0.4) is 0 Å². The van der Waals surface area contributed by atoms with Crippen molar-refractivity contribution in [3.63, 3.8) is 0 Å². The Bertz CT molecular complexity index is 992. The molecule has 0 aliphatic rings. The minimum Gasteiger partial charge on any atom is -0.469 e. The number of carbonyl (C=O) groups excluding carboxylic acids is 2. The Hall–Kier alpha value is -3.20. The molecule has 3 heterocycles. The van der Waals surface area contributed by atoms with E-state index in [2.05, 4.69) is 39.3 Å². The molecule has 0 unspecified atom stereocenters. The predicted molar refractivity (Wildman–Crippen MR) is 117 cm³/mol. The van der Waals surface area contributed by atoms with E-state index < -0.39 is 0 Å². The summed E-state index contributed by atoms with van der Waals surface area (Å²) in [6, 6.07) is 5.54. The topological polar surface area (TPSA) is 100 Å². The van der Waals surface area contributed by atoms with Crippen molar-refractivity contribution in [2.24, 2.45) is 0 Å². The monoisotopic (exact) mass is 427 g/mol. The quantitative estimate of drug-likeness (QED) is 0.543. The second-order valence-corrected chi connectivity index (χ2v) is 7.50. The van der Waals surface area contributed by atoms with Crippen LogP contribution in [0.1, 0.15) is 41.2 Å². The summed E-state index contributed by atoms with van der Waals surface area (Å²) in [4.78, 5) is 35.4. The maximum Gasteiger partial charge on any atom is 0.260 e. The summed E-state index contributed by atoms with van der Waals surface area (Å²) in [5.74, 6) is 1.05. The van der Waals surface area contributed by atoms with Gasteiger partial charge in [0, 0.05) is 31.2 Å². The Morgan fingerprint density at radius 2 is 2.00 bits per heavy atom. The summed E-state index contributed by atoms with van der Waals surface area (Å²) in [6.45, 7) is 8.10. The van der Waals surface area contributed by atoms with Gasteiger partial charge in [-0.05, 0) is 38.5 Å². The number of pyridine rings is 1. The molecule has 0 aliphatic heterocycles. The average molecular weight is 428 g/mol. The fourth-order valence-corrected chi connectivity index (χ4v) is 3.62. The third-order valence-corrected chi connectivity index (χ3v) is 5.41. The molecule has 8 nitrogen and oxygen atoms in total. The van der Waals surface area contributed by atoms with Crippen LogP contribution in [-0.4, -0.2) is 34.9 Å². The van der Waals surface area contributed by atoms with Crippen molar-refractivity contribution >= 4 is 34.1 Å². The van der Waals surface area contributed by atoms with Gasteiger partial charge >= 0.3 is 0 Å². The van der Waals surface area contributed by atoms with Gasteiger partial charge in [-0.3, -0.25) is 14.9 Å². The van der Waals surface area contributed by atoms with E-state index in [0.29, 0.717) is 28.7 Å². The van der Waals surface area contributed by atoms with Crippen LogP contribution in [0, 0.1) is 6.92 Å². The maximum absolute atomic E-state index is 12.2. The van der Waals surface area contributed by atoms with Gasteiger partial charge in [0.05, 0.1) is 23.9 Å². The minimum atomic E-state index is -0.285. The van der Waals surface area contributed by atoms with Crippen molar-refractivity contribution in [3.05, 3.63) is 58.6 Å². The summed E-state index contributed by atoms with van der Waals surface area (Å²) in [5, 5.41) is 7.81. The highest BCUT2D eigenvalue weighted by atomic mass is 32.1. The fraction of sp³-hybridized carbons (Fsp3) is 0.333. The zero-order valence-electron chi connectivity index (χ0n) is 17.3. The molecular formula is C21H25N5O3S. The van der Waals surface area contributed by atoms with E-state index in [1.165, 1.54) is 17.6 Å². The maximum atomic E-state index is 12.2. The smallest absolute Gasteiger partial charge is 0.260 e. The molecule has 0 saturated carbocycles. The first-order valence-corrected chi connectivity index (χ1v) is 10.6. The average Bonchev–Trinajstić information content (AvgIpc) is 3.37. The molecule has 2 amide bonds. The minimum absolute atomic E-state index is 0.141. The molecule has 30 heavy (non-hydrogen) atoms. The summed E-state index contributed by atoms with van der Waals surface area (Å²) < 4.78 is 5.14. The van der Waals surface area contributed by atoms with E-state index >= 15 is 0 Å². The second kappa shape index (κ2) is 10.0. The predicted octanol–water partition coefficient (Wildman–Crippen LogP) is 3.40. The number of furan rings is 1. The van der Waals surface area contributed by atoms with Crippen LogP contribution in [0.2, 0.25) is 0 Å². The molecule has 0 aliphatic carbocycles. The van der Waals surface area contributed by atoms with Gasteiger partial charge in [0.2, 0.25) is 5.91 Å². The number of hydrogen-bond acceptors (Lipinski definition) is 7. The Morgan fingerprint density at radius 3 is 2.63 bits per heavy atom. The van der Waals surface area contributed by atoms with E-state index in [9.17, 15) is 9.59 Å². The second-order valence-electron chi connectivity index (χ2n) is 6.64. The van der Waals surface area contributed by atoms with Crippen LogP contribution in [0.4, 0.5) is 10.9 Å². The normalized spacial score (nSPS) is 10.6. The summed E-state index contributed by atoms with van der Waals surface area (Å²) in [6.07, 6.45) is 3.39.